The van der Waals surface area contributed by atoms with E-state index in [0.717, 1.165) is 34.2 Å². The molecule has 0 nitrogen and oxygen atoms in total. The van der Waals surface area contributed by atoms with E-state index in [1.807, 2.05) is 0 Å². The molecule has 2 aliphatic carbocycles. The zero-order valence-corrected chi connectivity index (χ0v) is 21.4. The van der Waals surface area contributed by atoms with E-state index in [9.17, 15) is 0 Å². The average Bonchev–Trinajstić information content (AvgIpc) is 3.03. The summed E-state index contributed by atoms with van der Waals surface area (Å²) < 4.78 is 0. The molecule has 0 aromatic heterocycles. The molecule has 0 unspecified atom stereocenters. The third-order valence-corrected chi connectivity index (χ3v) is 2.79. The number of halogens is 2. The Morgan fingerprint density at radius 2 is 1.12 bits per heavy atom. The summed E-state index contributed by atoms with van der Waals surface area (Å²) in [5, 5.41) is 0. The molecule has 0 aliphatic heterocycles. The van der Waals surface area contributed by atoms with Gasteiger partial charge in [-0.15, -0.1) is 37.7 Å². The maximum absolute atomic E-state index is 3.29. The fourth-order valence-corrected chi connectivity index (χ4v) is 2.06. The van der Waals surface area contributed by atoms with Crippen LogP contribution in [0.3, 0.4) is 0 Å². The summed E-state index contributed by atoms with van der Waals surface area (Å²) in [5.41, 5.74) is 2.79. The van der Waals surface area contributed by atoms with Crippen LogP contribution in [0.15, 0.2) is 35.5 Å². The smallest absolute Gasteiger partial charge is 0.269 e. The molecular weight excluding hydrogens is 430 g/mol. The molecular formula is C20H35Cl2SiZr. The molecule has 0 bridgehead atoms. The molecule has 0 spiro atoms. The maximum atomic E-state index is 3.29. The van der Waals surface area contributed by atoms with Crippen molar-refractivity contribution in [3.05, 3.63) is 47.6 Å². The Bertz CT molecular complexity index is 347. The van der Waals surface area contributed by atoms with Gasteiger partial charge in [0.2, 0.25) is 0 Å². The zero-order chi connectivity index (χ0) is 16.1. The number of hydrogen-bond acceptors (Lipinski definition) is 0. The molecule has 0 aromatic rings. The fraction of sp³-hybridized carbons (Fsp3) is 0.600. The molecule has 2 rings (SSSR count). The normalized spacial score (nSPS) is 13.5. The van der Waals surface area contributed by atoms with Gasteiger partial charge in [-0.2, -0.15) is 12.2 Å². The van der Waals surface area contributed by atoms with Crippen LogP contribution in [0.1, 0.15) is 53.4 Å². The minimum atomic E-state index is 0. The van der Waals surface area contributed by atoms with Gasteiger partial charge in [0.1, 0.15) is 0 Å². The summed E-state index contributed by atoms with van der Waals surface area (Å²) in [5.74, 6) is 1.55. The Hall–Kier alpha value is 0.640. The average molecular weight is 466 g/mol. The van der Waals surface area contributed by atoms with Crippen molar-refractivity contribution in [2.75, 3.05) is 0 Å². The molecule has 0 heterocycles. The van der Waals surface area contributed by atoms with Gasteiger partial charge in [-0.05, 0) is 11.8 Å². The Labute approximate surface area is 185 Å². The molecule has 4 heteroatoms. The van der Waals surface area contributed by atoms with E-state index in [2.05, 4.69) is 77.2 Å². The summed E-state index contributed by atoms with van der Waals surface area (Å²) >= 11 is 0. The van der Waals surface area contributed by atoms with Crippen LogP contribution in [0.4, 0.5) is 0 Å². The van der Waals surface area contributed by atoms with Crippen molar-refractivity contribution in [1.82, 2.24) is 0 Å². The molecule has 0 amide bonds. The van der Waals surface area contributed by atoms with Crippen molar-refractivity contribution in [2.24, 2.45) is 11.8 Å². The SMILES string of the molecule is CC(C)CC1=[C-]CC=C1.CC(C)CC1=[C-]CC=C1.C[SiH]C.Cl.Cl.[Zr+2]. The van der Waals surface area contributed by atoms with Gasteiger partial charge in [0.15, 0.2) is 0 Å². The van der Waals surface area contributed by atoms with Gasteiger partial charge in [0.05, 0.1) is 0 Å². The zero-order valence-electron chi connectivity index (χ0n) is 16.2. The largest absolute Gasteiger partial charge is 2.00 e. The van der Waals surface area contributed by atoms with E-state index in [1.54, 1.807) is 0 Å². The quantitative estimate of drug-likeness (QED) is 0.316. The van der Waals surface area contributed by atoms with Crippen molar-refractivity contribution < 1.29 is 26.2 Å². The first-order valence-electron chi connectivity index (χ1n) is 8.26. The van der Waals surface area contributed by atoms with Crippen molar-refractivity contribution >= 4 is 34.3 Å². The molecule has 1 radical (unpaired) electrons. The molecule has 0 aromatic carbocycles. The van der Waals surface area contributed by atoms with Crippen LogP contribution < -0.4 is 0 Å². The van der Waals surface area contributed by atoms with Gasteiger partial charge < -0.3 is 0 Å². The van der Waals surface area contributed by atoms with Gasteiger partial charge in [-0.25, -0.2) is 23.3 Å². The van der Waals surface area contributed by atoms with Crippen molar-refractivity contribution in [3.8, 4) is 0 Å². The van der Waals surface area contributed by atoms with Crippen LogP contribution in [0.5, 0.6) is 0 Å². The van der Waals surface area contributed by atoms with Gasteiger partial charge >= 0.3 is 26.2 Å². The van der Waals surface area contributed by atoms with Crippen LogP contribution in [0.25, 0.3) is 0 Å². The van der Waals surface area contributed by atoms with Crippen LogP contribution >= 0.6 is 24.8 Å². The van der Waals surface area contributed by atoms with Gasteiger partial charge in [-0.1, -0.05) is 53.6 Å². The van der Waals surface area contributed by atoms with E-state index in [4.69, 9.17) is 0 Å². The van der Waals surface area contributed by atoms with E-state index >= 15 is 0 Å². The minimum absolute atomic E-state index is 0. The van der Waals surface area contributed by atoms with E-state index in [0.29, 0.717) is 0 Å². The second kappa shape index (κ2) is 21.7. The van der Waals surface area contributed by atoms with Crippen molar-refractivity contribution in [2.45, 2.75) is 66.5 Å². The monoisotopic (exact) mass is 463 g/mol. The minimum Gasteiger partial charge on any atom is -0.269 e. The van der Waals surface area contributed by atoms with Crippen molar-refractivity contribution in [3.63, 3.8) is 0 Å². The van der Waals surface area contributed by atoms with E-state index in [1.165, 1.54) is 24.0 Å². The Morgan fingerprint density at radius 3 is 1.29 bits per heavy atom. The molecule has 0 saturated heterocycles. The Balaban J connectivity index is -0.000000130. The third-order valence-electron chi connectivity index (χ3n) is 2.79. The van der Waals surface area contributed by atoms with Gasteiger partial charge in [0, 0.05) is 9.52 Å². The summed E-state index contributed by atoms with van der Waals surface area (Å²) in [6, 6.07) is 0. The van der Waals surface area contributed by atoms with Crippen LogP contribution in [0.2, 0.25) is 13.1 Å². The summed E-state index contributed by atoms with van der Waals surface area (Å²) in [6.07, 6.45) is 19.7. The molecule has 137 valence electrons. The number of allylic oxidation sites excluding steroid dienone is 8. The molecule has 0 saturated carbocycles. The summed E-state index contributed by atoms with van der Waals surface area (Å²) in [7, 11) is 0.750. The standard InChI is InChI=1S/2C9H13.C2H7Si.2ClH.Zr/c2*1-8(2)7-9-5-3-4-6-9;1-3-2;;;/h2*3,5,8H,4,7H2,1-2H3;3H,1-2H3;2*1H;/q2*-1;;;;+2. The predicted molar refractivity (Wildman–Crippen MR) is 113 cm³/mol. The fourth-order valence-electron chi connectivity index (χ4n) is 2.06. The van der Waals surface area contributed by atoms with Crippen LogP contribution in [-0.2, 0) is 26.2 Å². The van der Waals surface area contributed by atoms with Crippen molar-refractivity contribution in [1.29, 1.82) is 0 Å². The Kier molecular flexibility index (Phi) is 29.2. The third kappa shape index (κ3) is 20.7. The van der Waals surface area contributed by atoms with Gasteiger partial charge in [0.25, 0.3) is 0 Å². The second-order valence-corrected chi connectivity index (χ2v) is 7.55. The topological polar surface area (TPSA) is 0 Å². The van der Waals surface area contributed by atoms with Crippen LogP contribution in [0, 0.1) is 24.0 Å². The number of rotatable bonds is 4. The van der Waals surface area contributed by atoms with Crippen LogP contribution in [-0.4, -0.2) is 9.52 Å². The first kappa shape index (κ1) is 32.3. The molecule has 0 atom stereocenters. The van der Waals surface area contributed by atoms with E-state index < -0.39 is 0 Å². The van der Waals surface area contributed by atoms with Gasteiger partial charge in [-0.3, -0.25) is 12.2 Å². The summed E-state index contributed by atoms with van der Waals surface area (Å²) in [6.45, 7) is 13.4. The second-order valence-electron chi connectivity index (χ2n) is 6.39. The molecule has 2 aliphatic rings. The first-order valence-corrected chi connectivity index (χ1v) is 10.6. The molecule has 24 heavy (non-hydrogen) atoms. The Morgan fingerprint density at radius 1 is 0.833 bits per heavy atom. The van der Waals surface area contributed by atoms with E-state index in [-0.39, 0.29) is 51.0 Å². The maximum Gasteiger partial charge on any atom is 2.00 e. The molecule has 0 N–H and O–H groups in total. The molecule has 0 fully saturated rings. The number of hydrogen-bond donors (Lipinski definition) is 0. The first-order chi connectivity index (χ1) is 9.99. The summed E-state index contributed by atoms with van der Waals surface area (Å²) in [4.78, 5) is 0. The predicted octanol–water partition coefficient (Wildman–Crippen LogP) is 6.80.